The Balaban J connectivity index is 2.09. The molecule has 1 aromatic rings. The molecule has 0 saturated carbocycles. The van der Waals surface area contributed by atoms with Gasteiger partial charge in [0.05, 0.1) is 17.4 Å². The average molecular weight is 236 g/mol. The van der Waals surface area contributed by atoms with E-state index in [-0.39, 0.29) is 11.9 Å². The number of amides is 1. The molecule has 0 aliphatic carbocycles. The van der Waals surface area contributed by atoms with Gasteiger partial charge in [-0.2, -0.15) is 5.10 Å². The monoisotopic (exact) mass is 236 g/mol. The third-order valence-electron chi connectivity index (χ3n) is 3.04. The number of rotatable bonds is 3. The van der Waals surface area contributed by atoms with Crippen LogP contribution in [0.2, 0.25) is 0 Å². The number of carbonyl (C=O) groups is 1. The van der Waals surface area contributed by atoms with E-state index in [4.69, 9.17) is 0 Å². The number of nitrogens with one attached hydrogen (secondary N) is 2. The van der Waals surface area contributed by atoms with Crippen LogP contribution in [-0.4, -0.2) is 28.3 Å². The van der Waals surface area contributed by atoms with Gasteiger partial charge in [-0.05, 0) is 25.3 Å². The number of carbonyl (C=O) groups excluding carboxylic acids is 1. The number of anilines is 1. The highest BCUT2D eigenvalue weighted by Crippen LogP contribution is 2.22. The molecule has 2 heterocycles. The van der Waals surface area contributed by atoms with Crippen molar-refractivity contribution in [2.75, 3.05) is 11.9 Å². The fraction of sp³-hybridized carbons (Fsp3) is 0.667. The Labute approximate surface area is 102 Å². The summed E-state index contributed by atoms with van der Waals surface area (Å²) in [6, 6.07) is -0.0461. The molecular weight excluding hydrogens is 216 g/mol. The molecular formula is C12H20N4O. The average Bonchev–Trinajstić information content (AvgIpc) is 2.86. The zero-order valence-electron chi connectivity index (χ0n) is 10.7. The van der Waals surface area contributed by atoms with Crippen LogP contribution in [-0.2, 0) is 11.8 Å². The second-order valence-corrected chi connectivity index (χ2v) is 4.89. The van der Waals surface area contributed by atoms with Gasteiger partial charge in [-0.25, -0.2) is 0 Å². The van der Waals surface area contributed by atoms with Gasteiger partial charge in [-0.15, -0.1) is 0 Å². The van der Waals surface area contributed by atoms with Crippen molar-refractivity contribution in [1.29, 1.82) is 0 Å². The zero-order chi connectivity index (χ0) is 12.4. The molecule has 0 bridgehead atoms. The Morgan fingerprint density at radius 2 is 2.41 bits per heavy atom. The molecule has 17 heavy (non-hydrogen) atoms. The highest BCUT2D eigenvalue weighted by atomic mass is 16.2. The first-order valence-electron chi connectivity index (χ1n) is 6.15. The number of nitrogens with zero attached hydrogens (tertiary/aromatic N) is 2. The smallest absolute Gasteiger partial charge is 0.241 e. The summed E-state index contributed by atoms with van der Waals surface area (Å²) in [5.41, 5.74) is 1.78. The first kappa shape index (κ1) is 12.1. The first-order chi connectivity index (χ1) is 8.08. The van der Waals surface area contributed by atoms with Crippen molar-refractivity contribution in [3.8, 4) is 0 Å². The van der Waals surface area contributed by atoms with Crippen molar-refractivity contribution in [2.24, 2.45) is 7.05 Å². The van der Waals surface area contributed by atoms with E-state index >= 15 is 0 Å². The Kier molecular flexibility index (Phi) is 3.47. The van der Waals surface area contributed by atoms with E-state index in [1.165, 1.54) is 0 Å². The minimum Gasteiger partial charge on any atom is -0.322 e. The van der Waals surface area contributed by atoms with Gasteiger partial charge in [0.25, 0.3) is 0 Å². The van der Waals surface area contributed by atoms with E-state index in [1.54, 1.807) is 4.68 Å². The molecule has 0 radical (unpaired) electrons. The van der Waals surface area contributed by atoms with Crippen molar-refractivity contribution in [3.63, 3.8) is 0 Å². The van der Waals surface area contributed by atoms with Gasteiger partial charge < -0.3 is 10.6 Å². The van der Waals surface area contributed by atoms with Crippen molar-refractivity contribution in [2.45, 2.75) is 38.6 Å². The van der Waals surface area contributed by atoms with Crippen molar-refractivity contribution >= 4 is 11.6 Å². The number of aryl methyl sites for hydroxylation is 1. The van der Waals surface area contributed by atoms with Gasteiger partial charge in [-0.1, -0.05) is 13.8 Å². The molecule has 1 saturated heterocycles. The summed E-state index contributed by atoms with van der Waals surface area (Å²) in [4.78, 5) is 12.0. The summed E-state index contributed by atoms with van der Waals surface area (Å²) >= 11 is 0. The molecule has 1 aliphatic rings. The van der Waals surface area contributed by atoms with Gasteiger partial charge in [-0.3, -0.25) is 9.48 Å². The molecule has 1 aromatic heterocycles. The van der Waals surface area contributed by atoms with Gasteiger partial charge in [0, 0.05) is 13.2 Å². The van der Waals surface area contributed by atoms with E-state index < -0.39 is 0 Å². The van der Waals surface area contributed by atoms with Crippen LogP contribution in [0.5, 0.6) is 0 Å². The number of hydrogen-bond donors (Lipinski definition) is 2. The van der Waals surface area contributed by atoms with E-state index in [9.17, 15) is 4.79 Å². The summed E-state index contributed by atoms with van der Waals surface area (Å²) in [6.07, 6.45) is 3.85. The molecule has 1 fully saturated rings. The van der Waals surface area contributed by atoms with E-state index in [0.717, 1.165) is 30.8 Å². The SMILES string of the molecule is CC(C)c1nn(C)cc1NC(=O)[C@H]1CCCN1. The maximum absolute atomic E-state index is 12.0. The normalized spacial score (nSPS) is 19.9. The number of aromatic nitrogens is 2. The van der Waals surface area contributed by atoms with Gasteiger partial charge in [0.15, 0.2) is 0 Å². The van der Waals surface area contributed by atoms with Gasteiger partial charge >= 0.3 is 0 Å². The molecule has 0 unspecified atom stereocenters. The molecule has 1 atom stereocenters. The largest absolute Gasteiger partial charge is 0.322 e. The first-order valence-corrected chi connectivity index (χ1v) is 6.15. The maximum atomic E-state index is 12.0. The molecule has 2 rings (SSSR count). The van der Waals surface area contributed by atoms with Crippen molar-refractivity contribution in [1.82, 2.24) is 15.1 Å². The summed E-state index contributed by atoms with van der Waals surface area (Å²) in [7, 11) is 1.87. The van der Waals surface area contributed by atoms with Crippen LogP contribution in [0.3, 0.4) is 0 Å². The zero-order valence-corrected chi connectivity index (χ0v) is 10.7. The van der Waals surface area contributed by atoms with Crippen molar-refractivity contribution in [3.05, 3.63) is 11.9 Å². The van der Waals surface area contributed by atoms with Crippen LogP contribution in [0.1, 0.15) is 38.3 Å². The minimum absolute atomic E-state index is 0.0461. The lowest BCUT2D eigenvalue weighted by Gasteiger charge is -2.11. The van der Waals surface area contributed by atoms with Gasteiger partial charge in [0.2, 0.25) is 5.91 Å². The quantitative estimate of drug-likeness (QED) is 0.830. The minimum atomic E-state index is -0.0461. The summed E-state index contributed by atoms with van der Waals surface area (Å²) in [5.74, 6) is 0.362. The molecule has 0 aromatic carbocycles. The molecule has 0 spiro atoms. The third-order valence-corrected chi connectivity index (χ3v) is 3.04. The number of hydrogen-bond acceptors (Lipinski definition) is 3. The predicted octanol–water partition coefficient (Wildman–Crippen LogP) is 1.23. The summed E-state index contributed by atoms with van der Waals surface area (Å²) in [6.45, 7) is 5.08. The predicted molar refractivity (Wildman–Crippen MR) is 67.0 cm³/mol. The van der Waals surface area contributed by atoms with Crippen LogP contribution in [0.25, 0.3) is 0 Å². The lowest BCUT2D eigenvalue weighted by molar-refractivity contribution is -0.117. The van der Waals surface area contributed by atoms with Gasteiger partial charge in [0.1, 0.15) is 0 Å². The van der Waals surface area contributed by atoms with Crippen LogP contribution in [0, 0.1) is 0 Å². The summed E-state index contributed by atoms with van der Waals surface area (Å²) < 4.78 is 1.74. The van der Waals surface area contributed by atoms with E-state index in [2.05, 4.69) is 29.6 Å². The third kappa shape index (κ3) is 2.66. The Morgan fingerprint density at radius 3 is 3.00 bits per heavy atom. The highest BCUT2D eigenvalue weighted by Gasteiger charge is 2.23. The molecule has 1 aliphatic heterocycles. The maximum Gasteiger partial charge on any atom is 0.241 e. The molecule has 94 valence electrons. The molecule has 2 N–H and O–H groups in total. The Hall–Kier alpha value is -1.36. The lowest BCUT2D eigenvalue weighted by Crippen LogP contribution is -2.35. The molecule has 5 nitrogen and oxygen atoms in total. The second-order valence-electron chi connectivity index (χ2n) is 4.89. The van der Waals surface area contributed by atoms with Crippen molar-refractivity contribution < 1.29 is 4.79 Å². The van der Waals surface area contributed by atoms with Crippen LogP contribution < -0.4 is 10.6 Å². The van der Waals surface area contributed by atoms with E-state index in [1.807, 2.05) is 13.2 Å². The van der Waals surface area contributed by atoms with E-state index in [0.29, 0.717) is 5.92 Å². The molecule has 5 heteroatoms. The lowest BCUT2D eigenvalue weighted by atomic mass is 10.1. The van der Waals surface area contributed by atoms with Crippen LogP contribution in [0.4, 0.5) is 5.69 Å². The highest BCUT2D eigenvalue weighted by molar-refractivity contribution is 5.95. The second kappa shape index (κ2) is 4.87. The summed E-state index contributed by atoms with van der Waals surface area (Å²) in [5, 5.41) is 10.5. The fourth-order valence-electron chi connectivity index (χ4n) is 2.16. The van der Waals surface area contributed by atoms with Crippen LogP contribution in [0.15, 0.2) is 6.20 Å². The standard InChI is InChI=1S/C12H20N4O/c1-8(2)11-10(7-16(3)15-11)14-12(17)9-5-4-6-13-9/h7-9,13H,4-6H2,1-3H3,(H,14,17)/t9-/m1/s1. The Morgan fingerprint density at radius 1 is 1.65 bits per heavy atom. The fourth-order valence-corrected chi connectivity index (χ4v) is 2.16. The van der Waals surface area contributed by atoms with Crippen LogP contribution >= 0.6 is 0 Å². The topological polar surface area (TPSA) is 59.0 Å². The Bertz CT molecular complexity index is 405. The molecule has 1 amide bonds.